The molecule has 1 aliphatic rings. The summed E-state index contributed by atoms with van der Waals surface area (Å²) in [5.41, 5.74) is -0.693. The Morgan fingerprint density at radius 1 is 1.47 bits per heavy atom. The third-order valence-electron chi connectivity index (χ3n) is 3.36. The molecule has 0 spiro atoms. The number of amides is 1. The molecule has 1 saturated heterocycles. The highest BCUT2D eigenvalue weighted by Crippen LogP contribution is 2.25. The number of halogens is 1. The molecule has 7 heteroatoms. The van der Waals surface area contributed by atoms with Crippen molar-refractivity contribution in [1.29, 1.82) is 0 Å². The molecule has 0 radical (unpaired) electrons. The third kappa shape index (κ3) is 4.33. The van der Waals surface area contributed by atoms with Gasteiger partial charge in [0.1, 0.15) is 0 Å². The minimum absolute atomic E-state index is 0.0425. The van der Waals surface area contributed by atoms with Crippen LogP contribution < -0.4 is 0 Å². The Kier molecular flexibility index (Phi) is 5.65. The largest absolute Gasteiger partial charge is 0.383 e. The molecular weight excluding hydrogens is 290 g/mol. The highest BCUT2D eigenvalue weighted by molar-refractivity contribution is 7.91. The predicted molar refractivity (Wildman–Crippen MR) is 75.1 cm³/mol. The molecule has 1 heterocycles. The zero-order valence-corrected chi connectivity index (χ0v) is 13.3. The zero-order valence-electron chi connectivity index (χ0n) is 11.7. The molecule has 0 aliphatic carbocycles. The zero-order chi connectivity index (χ0) is 14.7. The number of alkyl halides is 1. The second kappa shape index (κ2) is 6.41. The van der Waals surface area contributed by atoms with Crippen LogP contribution in [0.15, 0.2) is 0 Å². The Morgan fingerprint density at radius 3 is 2.53 bits per heavy atom. The van der Waals surface area contributed by atoms with Crippen LogP contribution in [0, 0.1) is 5.41 Å². The predicted octanol–water partition coefficient (Wildman–Crippen LogP) is 0.913. The third-order valence-corrected chi connectivity index (χ3v) is 5.78. The van der Waals surface area contributed by atoms with E-state index in [9.17, 15) is 13.2 Å². The Morgan fingerprint density at radius 2 is 2.11 bits per heavy atom. The molecule has 5 nitrogen and oxygen atoms in total. The fraction of sp³-hybridized carbons (Fsp3) is 0.917. The van der Waals surface area contributed by atoms with Gasteiger partial charge in [0.25, 0.3) is 0 Å². The van der Waals surface area contributed by atoms with E-state index < -0.39 is 15.3 Å². The topological polar surface area (TPSA) is 63.7 Å². The van der Waals surface area contributed by atoms with Crippen molar-refractivity contribution in [3.8, 4) is 0 Å². The summed E-state index contributed by atoms with van der Waals surface area (Å²) in [6.45, 7) is 4.33. The molecule has 1 fully saturated rings. The van der Waals surface area contributed by atoms with E-state index in [1.165, 1.54) is 0 Å². The molecule has 1 aliphatic heterocycles. The summed E-state index contributed by atoms with van der Waals surface area (Å²) < 4.78 is 28.1. The number of ether oxygens (including phenoxy) is 1. The average Bonchev–Trinajstić information content (AvgIpc) is 2.70. The maximum absolute atomic E-state index is 12.5. The van der Waals surface area contributed by atoms with E-state index in [1.54, 1.807) is 25.9 Å². The molecule has 1 rings (SSSR count). The summed E-state index contributed by atoms with van der Waals surface area (Å²) in [6, 6.07) is -0.254. The molecule has 0 aromatic carbocycles. The summed E-state index contributed by atoms with van der Waals surface area (Å²) in [5.74, 6) is 0.285. The van der Waals surface area contributed by atoms with E-state index in [1.807, 2.05) is 0 Å². The van der Waals surface area contributed by atoms with Crippen LogP contribution in [0.3, 0.4) is 0 Å². The van der Waals surface area contributed by atoms with Gasteiger partial charge in [0, 0.05) is 25.6 Å². The van der Waals surface area contributed by atoms with E-state index >= 15 is 0 Å². The number of hydrogen-bond donors (Lipinski definition) is 0. The second-order valence-electron chi connectivity index (χ2n) is 5.57. The van der Waals surface area contributed by atoms with Crippen molar-refractivity contribution in [2.45, 2.75) is 26.3 Å². The average molecular weight is 312 g/mol. The first kappa shape index (κ1) is 16.7. The highest BCUT2D eigenvalue weighted by Gasteiger charge is 2.39. The number of rotatable bonds is 6. The van der Waals surface area contributed by atoms with E-state index in [0.717, 1.165) is 0 Å². The number of carbonyl (C=O) groups excluding carboxylic acids is 1. The molecule has 1 amide bonds. The maximum atomic E-state index is 12.5. The lowest BCUT2D eigenvalue weighted by Gasteiger charge is -2.34. The van der Waals surface area contributed by atoms with Gasteiger partial charge in [-0.15, -0.1) is 11.6 Å². The smallest absolute Gasteiger partial charge is 0.229 e. The van der Waals surface area contributed by atoms with Gasteiger partial charge in [-0.25, -0.2) is 8.42 Å². The maximum Gasteiger partial charge on any atom is 0.229 e. The second-order valence-corrected chi connectivity index (χ2v) is 8.06. The lowest BCUT2D eigenvalue weighted by atomic mass is 9.93. The van der Waals surface area contributed by atoms with Crippen LogP contribution in [0.1, 0.15) is 20.3 Å². The first-order chi connectivity index (χ1) is 8.73. The van der Waals surface area contributed by atoms with Gasteiger partial charge in [0.2, 0.25) is 5.91 Å². The SMILES string of the molecule is COCCN(C(=O)C(C)(C)CCl)C1CCS(=O)(=O)C1. The molecule has 0 saturated carbocycles. The van der Waals surface area contributed by atoms with Crippen molar-refractivity contribution >= 4 is 27.3 Å². The van der Waals surface area contributed by atoms with E-state index in [0.29, 0.717) is 19.6 Å². The Balaban J connectivity index is 2.86. The summed E-state index contributed by atoms with van der Waals surface area (Å²) in [4.78, 5) is 14.1. The van der Waals surface area contributed by atoms with Crippen LogP contribution >= 0.6 is 11.6 Å². The van der Waals surface area contributed by atoms with Crippen LogP contribution in [0.25, 0.3) is 0 Å². The molecule has 1 atom stereocenters. The van der Waals surface area contributed by atoms with Crippen molar-refractivity contribution in [2.24, 2.45) is 5.41 Å². The first-order valence-electron chi connectivity index (χ1n) is 6.30. The van der Waals surface area contributed by atoms with E-state index in [2.05, 4.69) is 0 Å². The van der Waals surface area contributed by atoms with Crippen molar-refractivity contribution in [3.05, 3.63) is 0 Å². The molecule has 112 valence electrons. The lowest BCUT2D eigenvalue weighted by Crippen LogP contribution is -2.49. The summed E-state index contributed by atoms with van der Waals surface area (Å²) >= 11 is 5.83. The van der Waals surface area contributed by atoms with E-state index in [4.69, 9.17) is 16.3 Å². The molecule has 19 heavy (non-hydrogen) atoms. The van der Waals surface area contributed by atoms with Crippen LogP contribution in [0.4, 0.5) is 0 Å². The fourth-order valence-corrected chi connectivity index (χ4v) is 3.95. The van der Waals surface area contributed by atoms with Gasteiger partial charge < -0.3 is 9.64 Å². The Bertz CT molecular complexity index is 421. The van der Waals surface area contributed by atoms with Crippen molar-refractivity contribution < 1.29 is 17.9 Å². The molecule has 0 aromatic heterocycles. The van der Waals surface area contributed by atoms with Crippen molar-refractivity contribution in [3.63, 3.8) is 0 Å². The molecule has 0 N–H and O–H groups in total. The van der Waals surface area contributed by atoms with Gasteiger partial charge in [-0.05, 0) is 20.3 Å². The van der Waals surface area contributed by atoms with Gasteiger partial charge in [-0.1, -0.05) is 0 Å². The summed E-state index contributed by atoms with van der Waals surface area (Å²) in [6.07, 6.45) is 0.496. The minimum Gasteiger partial charge on any atom is -0.383 e. The van der Waals surface area contributed by atoms with Crippen molar-refractivity contribution in [1.82, 2.24) is 4.90 Å². The first-order valence-corrected chi connectivity index (χ1v) is 8.65. The van der Waals surface area contributed by atoms with Crippen molar-refractivity contribution in [2.75, 3.05) is 37.6 Å². The molecule has 1 unspecified atom stereocenters. The molecular formula is C12H22ClNO4S. The molecule has 0 bridgehead atoms. The van der Waals surface area contributed by atoms with Crippen LogP contribution in [-0.2, 0) is 19.4 Å². The van der Waals surface area contributed by atoms with Gasteiger partial charge >= 0.3 is 0 Å². The molecule has 0 aromatic rings. The monoisotopic (exact) mass is 311 g/mol. The normalized spacial score (nSPS) is 22.4. The van der Waals surface area contributed by atoms with Crippen LogP contribution in [-0.4, -0.2) is 62.9 Å². The van der Waals surface area contributed by atoms with E-state index in [-0.39, 0.29) is 29.3 Å². The summed E-state index contributed by atoms with van der Waals surface area (Å²) in [7, 11) is -1.46. The van der Waals surface area contributed by atoms with Gasteiger partial charge in [0.15, 0.2) is 9.84 Å². The summed E-state index contributed by atoms with van der Waals surface area (Å²) in [5, 5.41) is 0. The Labute approximate surface area is 120 Å². The Hall–Kier alpha value is -0.330. The number of carbonyl (C=O) groups is 1. The minimum atomic E-state index is -3.02. The van der Waals surface area contributed by atoms with Gasteiger partial charge in [0.05, 0.1) is 23.5 Å². The number of methoxy groups -OCH3 is 1. The van der Waals surface area contributed by atoms with Crippen LogP contribution in [0.2, 0.25) is 0 Å². The lowest BCUT2D eigenvalue weighted by molar-refractivity contribution is -0.141. The van der Waals surface area contributed by atoms with Crippen LogP contribution in [0.5, 0.6) is 0 Å². The van der Waals surface area contributed by atoms with Gasteiger partial charge in [-0.3, -0.25) is 4.79 Å². The number of hydrogen-bond acceptors (Lipinski definition) is 4. The highest BCUT2D eigenvalue weighted by atomic mass is 35.5. The van der Waals surface area contributed by atoms with Gasteiger partial charge in [-0.2, -0.15) is 0 Å². The standard InChI is InChI=1S/C12H22ClNO4S/c1-12(2,9-13)11(15)14(5-6-18-3)10-4-7-19(16,17)8-10/h10H,4-9H2,1-3H3. The number of nitrogens with zero attached hydrogens (tertiary/aromatic N) is 1. The number of sulfone groups is 1. The quantitative estimate of drug-likeness (QED) is 0.684. The fourth-order valence-electron chi connectivity index (χ4n) is 2.11.